The van der Waals surface area contributed by atoms with E-state index in [1.807, 2.05) is 6.20 Å². The van der Waals surface area contributed by atoms with Gasteiger partial charge in [-0.1, -0.05) is 31.9 Å². The van der Waals surface area contributed by atoms with E-state index in [0.717, 1.165) is 12.5 Å². The molecule has 0 saturated heterocycles. The van der Waals surface area contributed by atoms with Gasteiger partial charge < -0.3 is 10.3 Å². The normalized spacial score (nSPS) is 17.2. The van der Waals surface area contributed by atoms with E-state index in [2.05, 4.69) is 41.5 Å². The van der Waals surface area contributed by atoms with Crippen molar-refractivity contribution in [1.29, 1.82) is 0 Å². The Morgan fingerprint density at radius 1 is 1.33 bits per heavy atom. The third-order valence-electron chi connectivity index (χ3n) is 4.02. The number of rotatable bonds is 6. The van der Waals surface area contributed by atoms with Crippen molar-refractivity contribution in [2.45, 2.75) is 45.2 Å². The molecule has 2 heteroatoms. The number of fused-ring (bicyclic) bond motifs is 1. The summed E-state index contributed by atoms with van der Waals surface area (Å²) in [6.07, 6.45) is 7.51. The first-order valence-electron chi connectivity index (χ1n) is 7.14. The SMILES string of the molecule is CCC(CC1CC1)NCc1ccc2cc[nH]c2c1. The second-order valence-electron chi connectivity index (χ2n) is 5.56. The molecule has 1 aromatic heterocycles. The van der Waals surface area contributed by atoms with Crippen molar-refractivity contribution in [2.75, 3.05) is 0 Å². The molecule has 2 aromatic rings. The van der Waals surface area contributed by atoms with Crippen molar-refractivity contribution in [2.24, 2.45) is 5.92 Å². The summed E-state index contributed by atoms with van der Waals surface area (Å²) < 4.78 is 0. The number of aromatic amines is 1. The fourth-order valence-corrected chi connectivity index (χ4v) is 2.62. The predicted octanol–water partition coefficient (Wildman–Crippen LogP) is 3.84. The molecule has 1 saturated carbocycles. The maximum absolute atomic E-state index is 3.70. The predicted molar refractivity (Wildman–Crippen MR) is 76.6 cm³/mol. The minimum absolute atomic E-state index is 0.692. The number of H-pyrrole nitrogens is 1. The van der Waals surface area contributed by atoms with Gasteiger partial charge in [-0.05, 0) is 41.8 Å². The Morgan fingerprint density at radius 3 is 3.00 bits per heavy atom. The molecule has 1 unspecified atom stereocenters. The maximum Gasteiger partial charge on any atom is 0.0457 e. The Kier molecular flexibility index (Phi) is 3.37. The van der Waals surface area contributed by atoms with Gasteiger partial charge in [0, 0.05) is 24.3 Å². The Labute approximate surface area is 109 Å². The lowest BCUT2D eigenvalue weighted by molar-refractivity contribution is 0.445. The average Bonchev–Trinajstić information content (AvgIpc) is 3.09. The van der Waals surface area contributed by atoms with E-state index in [1.165, 1.54) is 42.1 Å². The third-order valence-corrected chi connectivity index (χ3v) is 4.02. The van der Waals surface area contributed by atoms with Crippen LogP contribution in [-0.4, -0.2) is 11.0 Å². The highest BCUT2D eigenvalue weighted by molar-refractivity contribution is 5.79. The first-order valence-corrected chi connectivity index (χ1v) is 7.14. The number of hydrogen-bond acceptors (Lipinski definition) is 1. The smallest absolute Gasteiger partial charge is 0.0457 e. The summed E-state index contributed by atoms with van der Waals surface area (Å²) >= 11 is 0. The number of aromatic nitrogens is 1. The van der Waals surface area contributed by atoms with Crippen molar-refractivity contribution in [3.05, 3.63) is 36.0 Å². The fraction of sp³-hybridized carbons (Fsp3) is 0.500. The van der Waals surface area contributed by atoms with Crippen LogP contribution in [0.1, 0.15) is 38.2 Å². The van der Waals surface area contributed by atoms with Gasteiger partial charge in [0.25, 0.3) is 0 Å². The van der Waals surface area contributed by atoms with Crippen LogP contribution in [0.25, 0.3) is 10.9 Å². The first-order chi connectivity index (χ1) is 8.85. The summed E-state index contributed by atoms with van der Waals surface area (Å²) in [4.78, 5) is 3.28. The maximum atomic E-state index is 3.70. The molecule has 1 atom stereocenters. The Hall–Kier alpha value is -1.28. The molecule has 0 aliphatic heterocycles. The van der Waals surface area contributed by atoms with E-state index >= 15 is 0 Å². The fourth-order valence-electron chi connectivity index (χ4n) is 2.62. The molecule has 18 heavy (non-hydrogen) atoms. The van der Waals surface area contributed by atoms with Crippen LogP contribution in [0.2, 0.25) is 0 Å². The van der Waals surface area contributed by atoms with E-state index in [4.69, 9.17) is 0 Å². The molecule has 0 radical (unpaired) electrons. The lowest BCUT2D eigenvalue weighted by atomic mass is 10.1. The topological polar surface area (TPSA) is 27.8 Å². The van der Waals surface area contributed by atoms with Crippen LogP contribution in [0.5, 0.6) is 0 Å². The number of hydrogen-bond donors (Lipinski definition) is 2. The molecule has 1 aromatic carbocycles. The van der Waals surface area contributed by atoms with Gasteiger partial charge in [-0.2, -0.15) is 0 Å². The van der Waals surface area contributed by atoms with Gasteiger partial charge in [0.1, 0.15) is 0 Å². The van der Waals surface area contributed by atoms with E-state index in [0.29, 0.717) is 6.04 Å². The standard InChI is InChI=1S/C16H22N2/c1-2-15(9-12-3-4-12)18-11-13-5-6-14-7-8-17-16(14)10-13/h5-8,10,12,15,17-18H,2-4,9,11H2,1H3. The van der Waals surface area contributed by atoms with Crippen molar-refractivity contribution >= 4 is 10.9 Å². The zero-order valence-corrected chi connectivity index (χ0v) is 11.1. The molecule has 0 bridgehead atoms. The molecular formula is C16H22N2. The molecule has 3 rings (SSSR count). The van der Waals surface area contributed by atoms with E-state index in [9.17, 15) is 0 Å². The lowest BCUT2D eigenvalue weighted by Gasteiger charge is -2.16. The molecule has 96 valence electrons. The second-order valence-corrected chi connectivity index (χ2v) is 5.56. The summed E-state index contributed by atoms with van der Waals surface area (Å²) in [5, 5.41) is 5.00. The van der Waals surface area contributed by atoms with Gasteiger partial charge in [0.15, 0.2) is 0 Å². The van der Waals surface area contributed by atoms with Gasteiger partial charge in [-0.25, -0.2) is 0 Å². The summed E-state index contributed by atoms with van der Waals surface area (Å²) in [6, 6.07) is 9.50. The lowest BCUT2D eigenvalue weighted by Crippen LogP contribution is -2.28. The molecule has 1 fully saturated rings. The first kappa shape index (κ1) is 11.8. The summed E-state index contributed by atoms with van der Waals surface area (Å²) in [5.41, 5.74) is 2.61. The highest BCUT2D eigenvalue weighted by atomic mass is 14.9. The van der Waals surface area contributed by atoms with Crippen LogP contribution in [-0.2, 0) is 6.54 Å². The van der Waals surface area contributed by atoms with E-state index < -0.39 is 0 Å². The quantitative estimate of drug-likeness (QED) is 0.791. The van der Waals surface area contributed by atoms with Crippen molar-refractivity contribution in [3.63, 3.8) is 0 Å². The zero-order valence-electron chi connectivity index (χ0n) is 11.1. The zero-order chi connectivity index (χ0) is 12.4. The summed E-state index contributed by atoms with van der Waals surface area (Å²) in [6.45, 7) is 3.27. The van der Waals surface area contributed by atoms with Crippen molar-refractivity contribution in [3.8, 4) is 0 Å². The molecule has 2 nitrogen and oxygen atoms in total. The summed E-state index contributed by atoms with van der Waals surface area (Å²) in [7, 11) is 0. The minimum atomic E-state index is 0.692. The van der Waals surface area contributed by atoms with Crippen molar-refractivity contribution in [1.82, 2.24) is 10.3 Å². The molecule has 1 aliphatic rings. The van der Waals surface area contributed by atoms with Crippen LogP contribution in [0.3, 0.4) is 0 Å². The van der Waals surface area contributed by atoms with Gasteiger partial charge in [0.05, 0.1) is 0 Å². The molecule has 2 N–H and O–H groups in total. The highest BCUT2D eigenvalue weighted by Gasteiger charge is 2.24. The molecule has 0 spiro atoms. The van der Waals surface area contributed by atoms with Crippen LogP contribution in [0.15, 0.2) is 30.5 Å². The largest absolute Gasteiger partial charge is 0.361 e. The van der Waals surface area contributed by atoms with E-state index in [-0.39, 0.29) is 0 Å². The molecule has 1 heterocycles. The van der Waals surface area contributed by atoms with Crippen LogP contribution < -0.4 is 5.32 Å². The van der Waals surface area contributed by atoms with Gasteiger partial charge in [-0.3, -0.25) is 0 Å². The highest BCUT2D eigenvalue weighted by Crippen LogP contribution is 2.34. The molecule has 1 aliphatic carbocycles. The third kappa shape index (κ3) is 2.75. The Morgan fingerprint density at radius 2 is 2.22 bits per heavy atom. The Bertz CT molecular complexity index is 511. The Balaban J connectivity index is 1.60. The van der Waals surface area contributed by atoms with Crippen LogP contribution in [0, 0.1) is 5.92 Å². The monoisotopic (exact) mass is 242 g/mol. The van der Waals surface area contributed by atoms with Crippen LogP contribution in [0.4, 0.5) is 0 Å². The summed E-state index contributed by atoms with van der Waals surface area (Å²) in [5.74, 6) is 1.01. The van der Waals surface area contributed by atoms with E-state index in [1.54, 1.807) is 0 Å². The molecular weight excluding hydrogens is 220 g/mol. The molecule has 0 amide bonds. The van der Waals surface area contributed by atoms with Gasteiger partial charge in [0.2, 0.25) is 0 Å². The van der Waals surface area contributed by atoms with Gasteiger partial charge >= 0.3 is 0 Å². The average molecular weight is 242 g/mol. The van der Waals surface area contributed by atoms with Crippen LogP contribution >= 0.6 is 0 Å². The second kappa shape index (κ2) is 5.15. The van der Waals surface area contributed by atoms with Crippen molar-refractivity contribution < 1.29 is 0 Å². The van der Waals surface area contributed by atoms with Gasteiger partial charge in [-0.15, -0.1) is 0 Å². The number of nitrogens with one attached hydrogen (secondary N) is 2. The minimum Gasteiger partial charge on any atom is -0.361 e. The number of benzene rings is 1.